The van der Waals surface area contributed by atoms with Gasteiger partial charge in [-0.3, -0.25) is 0 Å². The fourth-order valence-electron chi connectivity index (χ4n) is 1.76. The third kappa shape index (κ3) is 7.24. The van der Waals surface area contributed by atoms with Gasteiger partial charge in [-0.25, -0.2) is 0 Å². The average Bonchev–Trinajstić information content (AvgIpc) is 1.84. The van der Waals surface area contributed by atoms with Crippen molar-refractivity contribution in [2.45, 2.75) is 47.2 Å². The molecule has 0 heterocycles. The summed E-state index contributed by atoms with van der Waals surface area (Å²) in [5, 5.41) is 0. The zero-order valence-electron chi connectivity index (χ0n) is 8.85. The van der Waals surface area contributed by atoms with Crippen LogP contribution in [0.2, 0.25) is 12.5 Å². The van der Waals surface area contributed by atoms with E-state index in [0.717, 1.165) is 11.8 Å². The van der Waals surface area contributed by atoms with Gasteiger partial charge in [0.25, 0.3) is 0 Å². The van der Waals surface area contributed by atoms with Gasteiger partial charge in [-0.05, 0) is 0 Å². The van der Waals surface area contributed by atoms with Crippen LogP contribution in [-0.4, -0.2) is 21.4 Å². The molecule has 0 fully saturated rings. The Hall–Kier alpha value is 0.870. The molecule has 0 aliphatic rings. The van der Waals surface area contributed by atoms with Crippen molar-refractivity contribution in [2.75, 3.05) is 0 Å². The van der Waals surface area contributed by atoms with Crippen LogP contribution in [0, 0.1) is 11.8 Å². The fraction of sp³-hybridized carbons (Fsp3) is 1.00. The molecule has 0 bridgehead atoms. The van der Waals surface area contributed by atoms with Gasteiger partial charge in [0, 0.05) is 0 Å². The summed E-state index contributed by atoms with van der Waals surface area (Å²) in [6.45, 7) is 11.9. The van der Waals surface area contributed by atoms with Crippen LogP contribution in [0.4, 0.5) is 0 Å². The summed E-state index contributed by atoms with van der Waals surface area (Å²) < 4.78 is 4.81. The molecule has 0 unspecified atom stereocenters. The van der Waals surface area contributed by atoms with Crippen LogP contribution in [-0.2, 0) is 0 Å². The Bertz CT molecular complexity index is 76.9. The van der Waals surface area contributed by atoms with E-state index in [2.05, 4.69) is 34.6 Å². The Morgan fingerprint density at radius 1 is 0.909 bits per heavy atom. The average molecular weight is 258 g/mol. The van der Waals surface area contributed by atoms with E-state index in [1.165, 1.54) is 0 Å². The Morgan fingerprint density at radius 2 is 1.27 bits per heavy atom. The van der Waals surface area contributed by atoms with Crippen LogP contribution in [0.1, 0.15) is 34.6 Å². The van der Waals surface area contributed by atoms with Gasteiger partial charge in [0.1, 0.15) is 0 Å². The second kappa shape index (κ2) is 6.39. The van der Waals surface area contributed by atoms with Gasteiger partial charge < -0.3 is 0 Å². The van der Waals surface area contributed by atoms with Crippen molar-refractivity contribution in [3.63, 3.8) is 0 Å². The molecule has 0 aliphatic carbocycles. The monoisotopic (exact) mass is 258 g/mol. The summed E-state index contributed by atoms with van der Waals surface area (Å²) in [6, 6.07) is 0. The Labute approximate surface area is 80.3 Å². The Balaban J connectivity index is 3.58. The van der Waals surface area contributed by atoms with Crippen LogP contribution in [0.5, 0.6) is 0 Å². The summed E-state index contributed by atoms with van der Waals surface area (Å²) >= 11 is -0.992. The summed E-state index contributed by atoms with van der Waals surface area (Å²) in [6.07, 6.45) is 0. The van der Waals surface area contributed by atoms with E-state index in [1.807, 2.05) is 0 Å². The van der Waals surface area contributed by atoms with Gasteiger partial charge in [-0.2, -0.15) is 0 Å². The molecule has 0 aromatic heterocycles. The van der Waals surface area contributed by atoms with E-state index in [0.29, 0.717) is 0 Å². The van der Waals surface area contributed by atoms with E-state index < -0.39 is 21.4 Å². The normalized spacial score (nSPS) is 11.2. The van der Waals surface area contributed by atoms with E-state index >= 15 is 0 Å². The molecule has 0 spiro atoms. The van der Waals surface area contributed by atoms with Crippen molar-refractivity contribution in [2.24, 2.45) is 11.8 Å². The molecule has 0 saturated heterocycles. The van der Waals surface area contributed by atoms with E-state index in [9.17, 15) is 0 Å². The van der Waals surface area contributed by atoms with E-state index in [-0.39, 0.29) is 0 Å². The first-order valence-corrected chi connectivity index (χ1v) is 12.0. The predicted octanol–water partition coefficient (Wildman–Crippen LogP) is 3.81. The molecule has 0 aliphatic heterocycles. The topological polar surface area (TPSA) is 0 Å². The van der Waals surface area contributed by atoms with Crippen molar-refractivity contribution in [3.05, 3.63) is 0 Å². The summed E-state index contributed by atoms with van der Waals surface area (Å²) in [7, 11) is 0. The quantitative estimate of drug-likeness (QED) is 0.703. The minimum atomic E-state index is -0.992. The second-order valence-corrected chi connectivity index (χ2v) is 14.5. The molecule has 0 rings (SSSR count). The minimum absolute atomic E-state index is 0.967. The van der Waals surface area contributed by atoms with Crippen LogP contribution in [0.25, 0.3) is 0 Å². The first kappa shape index (κ1) is 11.9. The van der Waals surface area contributed by atoms with Crippen molar-refractivity contribution in [1.82, 2.24) is 0 Å². The summed E-state index contributed by atoms with van der Waals surface area (Å²) in [4.78, 5) is 0. The molecule has 11 heavy (non-hydrogen) atoms. The van der Waals surface area contributed by atoms with Crippen molar-refractivity contribution in [3.8, 4) is 0 Å². The van der Waals surface area contributed by atoms with Gasteiger partial charge in [-0.15, -0.1) is 0 Å². The molecule has 0 N–H and O–H groups in total. The van der Waals surface area contributed by atoms with Gasteiger partial charge in [0.2, 0.25) is 0 Å². The third-order valence-corrected chi connectivity index (χ3v) is 14.7. The maximum absolute atomic E-state index is 2.41. The van der Waals surface area contributed by atoms with Crippen LogP contribution < -0.4 is 0 Å². The second-order valence-electron chi connectivity index (χ2n) is 4.53. The van der Waals surface area contributed by atoms with Gasteiger partial charge >= 0.3 is 80.4 Å². The number of hydrogen-bond donors (Lipinski definition) is 0. The first-order chi connectivity index (χ1) is 5.06. The van der Waals surface area contributed by atoms with Gasteiger partial charge in [0.15, 0.2) is 0 Å². The van der Waals surface area contributed by atoms with Crippen molar-refractivity contribution < 1.29 is 0 Å². The molecular formula is C10H23In. The molecule has 0 nitrogen and oxygen atoms in total. The molecule has 66 valence electrons. The summed E-state index contributed by atoms with van der Waals surface area (Å²) in [5.41, 5.74) is 0. The SMILES string of the molecule is C[CH2][In]([CH2]C(C)C)[CH2]C(C)C. The summed E-state index contributed by atoms with van der Waals surface area (Å²) in [5.74, 6) is 1.93. The van der Waals surface area contributed by atoms with E-state index in [4.69, 9.17) is 0 Å². The van der Waals surface area contributed by atoms with Crippen LogP contribution in [0.15, 0.2) is 0 Å². The number of rotatable bonds is 5. The molecule has 1 heteroatoms. The standard InChI is InChI=1S/2C4H9.C2H5.In/c2*1-4(2)3;1-2;/h2*4H,1H2,2-3H3;1H2,2H3;. The fourth-order valence-corrected chi connectivity index (χ4v) is 11.8. The molecule has 0 aromatic rings. The predicted molar refractivity (Wildman–Crippen MR) is 55.5 cm³/mol. The van der Waals surface area contributed by atoms with Crippen LogP contribution in [0.3, 0.4) is 0 Å². The van der Waals surface area contributed by atoms with Crippen LogP contribution >= 0.6 is 0 Å². The van der Waals surface area contributed by atoms with E-state index in [1.54, 1.807) is 12.5 Å². The maximum atomic E-state index is 2.41. The van der Waals surface area contributed by atoms with Gasteiger partial charge in [0.05, 0.1) is 0 Å². The molecule has 0 atom stereocenters. The molecule has 0 amide bonds. The first-order valence-electron chi connectivity index (χ1n) is 5.06. The Kier molecular flexibility index (Phi) is 6.90. The molecule has 0 radical (unpaired) electrons. The Morgan fingerprint density at radius 3 is 1.45 bits per heavy atom. The van der Waals surface area contributed by atoms with Crippen molar-refractivity contribution in [1.29, 1.82) is 0 Å². The number of hydrogen-bond acceptors (Lipinski definition) is 0. The third-order valence-electron chi connectivity index (χ3n) is 2.19. The van der Waals surface area contributed by atoms with Gasteiger partial charge in [-0.1, -0.05) is 0 Å². The molecule has 0 aromatic carbocycles. The zero-order valence-corrected chi connectivity index (χ0v) is 12.1. The van der Waals surface area contributed by atoms with Crippen molar-refractivity contribution >= 4 is 21.4 Å². The zero-order chi connectivity index (χ0) is 8.85. The molecule has 0 saturated carbocycles. The molecular weight excluding hydrogens is 235 g/mol.